The number of carbonyl (C=O) groups excluding carboxylic acids is 1. The quantitative estimate of drug-likeness (QED) is 0.629. The maximum absolute atomic E-state index is 12.9. The van der Waals surface area contributed by atoms with Crippen LogP contribution in [0.4, 0.5) is 5.82 Å². The van der Waals surface area contributed by atoms with E-state index < -0.39 is 10.0 Å². The van der Waals surface area contributed by atoms with Crippen LogP contribution in [0.15, 0.2) is 65.6 Å². The van der Waals surface area contributed by atoms with Gasteiger partial charge in [-0.15, -0.1) is 0 Å². The summed E-state index contributed by atoms with van der Waals surface area (Å²) in [5.41, 5.74) is 1.65. The minimum Gasteiger partial charge on any atom is -0.310 e. The number of halogens is 1. The number of benzene rings is 2. The van der Waals surface area contributed by atoms with Crippen LogP contribution in [0.1, 0.15) is 18.5 Å². The third kappa shape index (κ3) is 4.66. The topological polar surface area (TPSA) is 84.3 Å². The molecule has 0 atom stereocenters. The van der Waals surface area contributed by atoms with Crippen molar-refractivity contribution in [3.63, 3.8) is 0 Å². The molecule has 1 aliphatic rings. The molecular formula is C22H23ClN4O3S. The van der Waals surface area contributed by atoms with Crippen molar-refractivity contribution in [1.29, 1.82) is 0 Å². The van der Waals surface area contributed by atoms with Gasteiger partial charge in [-0.05, 0) is 56.2 Å². The predicted octanol–water partition coefficient (Wildman–Crippen LogP) is 3.87. The Labute approximate surface area is 186 Å². The number of anilines is 1. The monoisotopic (exact) mass is 458 g/mol. The Morgan fingerprint density at radius 3 is 2.35 bits per heavy atom. The van der Waals surface area contributed by atoms with Gasteiger partial charge >= 0.3 is 0 Å². The minimum absolute atomic E-state index is 0.124. The van der Waals surface area contributed by atoms with Crippen LogP contribution in [-0.4, -0.2) is 41.5 Å². The van der Waals surface area contributed by atoms with Crippen molar-refractivity contribution in [2.75, 3.05) is 18.4 Å². The summed E-state index contributed by atoms with van der Waals surface area (Å²) < 4.78 is 28.8. The lowest BCUT2D eigenvalue weighted by Gasteiger charge is -2.30. The second kappa shape index (κ2) is 8.82. The average molecular weight is 459 g/mol. The third-order valence-electron chi connectivity index (χ3n) is 5.36. The highest BCUT2D eigenvalue weighted by Gasteiger charge is 2.32. The number of para-hydroxylation sites is 1. The molecule has 31 heavy (non-hydrogen) atoms. The zero-order chi connectivity index (χ0) is 22.0. The third-order valence-corrected chi connectivity index (χ3v) is 7.52. The first-order chi connectivity index (χ1) is 14.8. The molecule has 1 N–H and O–H groups in total. The second-order valence-corrected chi connectivity index (χ2v) is 9.91. The molecule has 2 aromatic carbocycles. The molecule has 1 aromatic heterocycles. The van der Waals surface area contributed by atoms with E-state index in [0.29, 0.717) is 36.8 Å². The number of sulfonamides is 1. The van der Waals surface area contributed by atoms with E-state index in [1.807, 2.05) is 43.3 Å². The van der Waals surface area contributed by atoms with Gasteiger partial charge in [0.05, 0.1) is 16.3 Å². The van der Waals surface area contributed by atoms with Crippen LogP contribution in [0.2, 0.25) is 5.02 Å². The van der Waals surface area contributed by atoms with Gasteiger partial charge in [0.25, 0.3) is 0 Å². The van der Waals surface area contributed by atoms with Gasteiger partial charge in [-0.25, -0.2) is 13.1 Å². The van der Waals surface area contributed by atoms with Gasteiger partial charge in [-0.1, -0.05) is 29.8 Å². The molecule has 3 aromatic rings. The number of aryl methyl sites for hydroxylation is 1. The van der Waals surface area contributed by atoms with E-state index in [9.17, 15) is 13.2 Å². The Morgan fingerprint density at radius 2 is 1.71 bits per heavy atom. The molecule has 4 rings (SSSR count). The van der Waals surface area contributed by atoms with Gasteiger partial charge in [0.15, 0.2) is 0 Å². The van der Waals surface area contributed by atoms with Gasteiger partial charge < -0.3 is 5.32 Å². The molecule has 0 unspecified atom stereocenters. The maximum Gasteiger partial charge on any atom is 0.243 e. The second-order valence-electron chi connectivity index (χ2n) is 7.54. The molecule has 1 fully saturated rings. The molecule has 1 amide bonds. The van der Waals surface area contributed by atoms with Crippen LogP contribution in [-0.2, 0) is 14.8 Å². The number of amides is 1. The fourth-order valence-corrected chi connectivity index (χ4v) is 5.29. The van der Waals surface area contributed by atoms with Crippen LogP contribution in [0.25, 0.3) is 5.69 Å². The van der Waals surface area contributed by atoms with E-state index >= 15 is 0 Å². The normalized spacial score (nSPS) is 15.7. The minimum atomic E-state index is -3.60. The zero-order valence-electron chi connectivity index (χ0n) is 17.0. The zero-order valence-corrected chi connectivity index (χ0v) is 18.6. The number of piperidine rings is 1. The highest BCUT2D eigenvalue weighted by Crippen LogP contribution is 2.26. The number of rotatable bonds is 5. The molecule has 0 aliphatic carbocycles. The van der Waals surface area contributed by atoms with Crippen LogP contribution in [0.5, 0.6) is 0 Å². The fraction of sp³-hybridized carbons (Fsp3) is 0.273. The van der Waals surface area contributed by atoms with Gasteiger partial charge in [-0.3, -0.25) is 4.79 Å². The number of hydrogen-bond donors (Lipinski definition) is 1. The van der Waals surface area contributed by atoms with E-state index in [2.05, 4.69) is 10.4 Å². The molecule has 2 heterocycles. The summed E-state index contributed by atoms with van der Waals surface area (Å²) in [5, 5.41) is 7.92. The molecule has 1 saturated heterocycles. The molecule has 0 bridgehead atoms. The molecule has 1 aliphatic heterocycles. The average Bonchev–Trinajstić information content (AvgIpc) is 3.14. The van der Waals surface area contributed by atoms with Crippen molar-refractivity contribution >= 4 is 33.3 Å². The highest BCUT2D eigenvalue weighted by molar-refractivity contribution is 7.89. The maximum atomic E-state index is 12.9. The summed E-state index contributed by atoms with van der Waals surface area (Å²) in [6.45, 7) is 2.45. The van der Waals surface area contributed by atoms with E-state index in [1.54, 1.807) is 16.8 Å². The Kier molecular flexibility index (Phi) is 6.13. The summed E-state index contributed by atoms with van der Waals surface area (Å²) in [5.74, 6) is 0.210. The molecular weight excluding hydrogens is 436 g/mol. The van der Waals surface area contributed by atoms with Crippen LogP contribution in [0, 0.1) is 12.8 Å². The molecule has 7 nitrogen and oxygen atoms in total. The van der Waals surface area contributed by atoms with Gasteiger partial charge in [0.1, 0.15) is 5.82 Å². The van der Waals surface area contributed by atoms with Crippen LogP contribution in [0.3, 0.4) is 0 Å². The van der Waals surface area contributed by atoms with Crippen LogP contribution < -0.4 is 5.32 Å². The summed E-state index contributed by atoms with van der Waals surface area (Å²) in [6.07, 6.45) is 0.911. The molecule has 0 saturated carbocycles. The molecule has 9 heteroatoms. The summed E-state index contributed by atoms with van der Waals surface area (Å²) >= 11 is 5.86. The van der Waals surface area contributed by atoms with Crippen molar-refractivity contribution in [1.82, 2.24) is 14.1 Å². The van der Waals surface area contributed by atoms with Crippen molar-refractivity contribution in [2.45, 2.75) is 24.7 Å². The van der Waals surface area contributed by atoms with Crippen molar-refractivity contribution in [3.05, 3.63) is 71.4 Å². The lowest BCUT2D eigenvalue weighted by molar-refractivity contribution is -0.120. The van der Waals surface area contributed by atoms with Gasteiger partial charge in [0, 0.05) is 30.1 Å². The predicted molar refractivity (Wildman–Crippen MR) is 120 cm³/mol. The Balaban J connectivity index is 1.42. The van der Waals surface area contributed by atoms with Gasteiger partial charge in [-0.2, -0.15) is 9.40 Å². The highest BCUT2D eigenvalue weighted by atomic mass is 35.5. The van der Waals surface area contributed by atoms with Gasteiger partial charge in [0.2, 0.25) is 15.9 Å². The number of nitrogens with zero attached hydrogens (tertiary/aromatic N) is 3. The smallest absolute Gasteiger partial charge is 0.243 e. The number of aromatic nitrogens is 2. The SMILES string of the molecule is Cc1cc(NC(=O)C2CCN(S(=O)(=O)c3ccc(Cl)cc3)CC2)n(-c2ccccc2)n1. The Hall–Kier alpha value is -2.68. The van der Waals surface area contributed by atoms with E-state index in [-0.39, 0.29) is 16.7 Å². The first-order valence-electron chi connectivity index (χ1n) is 10.0. The summed E-state index contributed by atoms with van der Waals surface area (Å²) in [6, 6.07) is 17.5. The lowest BCUT2D eigenvalue weighted by Crippen LogP contribution is -2.41. The van der Waals surface area contributed by atoms with Crippen molar-refractivity contribution in [2.24, 2.45) is 5.92 Å². The standard InChI is InChI=1S/C22H23ClN4O3S/c1-16-15-21(27(25-16)19-5-3-2-4-6-19)24-22(28)17-11-13-26(14-12-17)31(29,30)20-9-7-18(23)8-10-20/h2-10,15,17H,11-14H2,1H3,(H,24,28). The Morgan fingerprint density at radius 1 is 1.06 bits per heavy atom. The fourth-order valence-electron chi connectivity index (χ4n) is 3.70. The molecule has 162 valence electrons. The van der Waals surface area contributed by atoms with E-state index in [0.717, 1.165) is 11.4 Å². The molecule has 0 spiro atoms. The van der Waals surface area contributed by atoms with Crippen molar-refractivity contribution in [3.8, 4) is 5.69 Å². The number of hydrogen-bond acceptors (Lipinski definition) is 4. The number of nitrogens with one attached hydrogen (secondary N) is 1. The van der Waals surface area contributed by atoms with Crippen LogP contribution >= 0.6 is 11.6 Å². The van der Waals surface area contributed by atoms with E-state index in [1.165, 1.54) is 16.4 Å². The molecule has 0 radical (unpaired) electrons. The summed E-state index contributed by atoms with van der Waals surface area (Å²) in [7, 11) is -3.60. The Bertz CT molecular complexity index is 1170. The first kappa shape index (κ1) is 21.5. The van der Waals surface area contributed by atoms with E-state index in [4.69, 9.17) is 11.6 Å². The largest absolute Gasteiger partial charge is 0.310 e. The first-order valence-corrected chi connectivity index (χ1v) is 11.8. The number of carbonyl (C=O) groups is 1. The lowest BCUT2D eigenvalue weighted by atomic mass is 9.97. The summed E-state index contributed by atoms with van der Waals surface area (Å²) in [4.78, 5) is 13.1. The van der Waals surface area contributed by atoms with Crippen molar-refractivity contribution < 1.29 is 13.2 Å².